The smallest absolute Gasteiger partial charge is 0.355 e. The molecule has 0 bridgehead atoms. The number of alkyl halides is 2. The lowest BCUT2D eigenvalue weighted by Crippen LogP contribution is -2.52. The molecule has 1 saturated heterocycles. The number of fused-ring (bicyclic) bond motifs is 1. The second-order valence-electron chi connectivity index (χ2n) is 14.3. The van der Waals surface area contributed by atoms with E-state index in [1.165, 1.54) is 29.2 Å². The lowest BCUT2D eigenvalue weighted by Gasteiger charge is -2.29. The van der Waals surface area contributed by atoms with Crippen LogP contribution in [0.5, 0.6) is 5.75 Å². The predicted octanol–water partition coefficient (Wildman–Crippen LogP) is 4.12. The van der Waals surface area contributed by atoms with Crippen molar-refractivity contribution in [1.29, 1.82) is 0 Å². The number of piperidine rings is 1. The number of nitrogens with one attached hydrogen (secondary N) is 6. The summed E-state index contributed by atoms with van der Waals surface area (Å²) in [5.41, 5.74) is 8.11. The maximum Gasteiger partial charge on any atom is 0.355 e. The van der Waals surface area contributed by atoms with Gasteiger partial charge in [0.15, 0.2) is 12.4 Å². The molecular weight excluding hydrogens is 821 g/mol. The van der Waals surface area contributed by atoms with Crippen LogP contribution < -0.4 is 36.5 Å². The normalized spacial score (nSPS) is 15.0. The van der Waals surface area contributed by atoms with Crippen molar-refractivity contribution < 1.29 is 50.7 Å². The highest BCUT2D eigenvalue weighted by Crippen LogP contribution is 2.33. The zero-order valence-corrected chi connectivity index (χ0v) is 33.4. The summed E-state index contributed by atoms with van der Waals surface area (Å²) in [5, 5.41) is 17.8. The molecule has 8 N–H and O–H groups in total. The van der Waals surface area contributed by atoms with Crippen LogP contribution in [-0.4, -0.2) is 83.9 Å². The van der Waals surface area contributed by atoms with Crippen LogP contribution in [0.15, 0.2) is 66.7 Å². The van der Waals surface area contributed by atoms with Gasteiger partial charge in [0.25, 0.3) is 27.7 Å². The molecule has 1 atom stereocenters. The summed E-state index contributed by atoms with van der Waals surface area (Å²) >= 11 is 0. The first-order valence-electron chi connectivity index (χ1n) is 19.3. The zero-order chi connectivity index (χ0) is 43.7. The van der Waals surface area contributed by atoms with Crippen LogP contribution in [0.25, 0.3) is 11.3 Å². The molecule has 0 radical (unpaired) electrons. The number of hydrogen-bond acceptors (Lipinski definition) is 11. The number of amides is 6. The molecule has 21 heteroatoms. The Hall–Kier alpha value is -6.90. The zero-order valence-electron chi connectivity index (χ0n) is 32.6. The quantitative estimate of drug-likeness (QED) is 0.0491. The predicted molar refractivity (Wildman–Crippen MR) is 218 cm³/mol. The summed E-state index contributed by atoms with van der Waals surface area (Å²) in [6, 6.07) is 16.1. The molecule has 1 fully saturated rings. The van der Waals surface area contributed by atoms with E-state index in [-0.39, 0.29) is 78.8 Å². The third-order valence-electron chi connectivity index (χ3n) is 9.91. The third kappa shape index (κ3) is 11.0. The minimum Gasteiger partial charge on any atom is -0.484 e. The number of carbonyl (C=O) groups is 6. The summed E-state index contributed by atoms with van der Waals surface area (Å²) in [7, 11) is -4.86. The number of sulfonamides is 1. The monoisotopic (exact) mass is 863 g/mol. The highest BCUT2D eigenvalue weighted by atomic mass is 32.2. The molecule has 6 rings (SSSR count). The van der Waals surface area contributed by atoms with Gasteiger partial charge in [-0.3, -0.25) is 43.9 Å². The Balaban J connectivity index is 0.876. The van der Waals surface area contributed by atoms with Crippen molar-refractivity contribution in [2.24, 2.45) is 5.73 Å². The topological polar surface area (TPSA) is 264 Å². The van der Waals surface area contributed by atoms with Gasteiger partial charge >= 0.3 is 5.76 Å². The number of imide groups is 1. The molecule has 0 aliphatic carbocycles. The van der Waals surface area contributed by atoms with Crippen molar-refractivity contribution in [1.82, 2.24) is 25.7 Å². The van der Waals surface area contributed by atoms with Gasteiger partial charge in [0.1, 0.15) is 17.4 Å². The van der Waals surface area contributed by atoms with Crippen molar-refractivity contribution in [3.63, 3.8) is 0 Å². The van der Waals surface area contributed by atoms with Gasteiger partial charge in [0, 0.05) is 65.8 Å². The standard InChI is InChI=1S/C40H43F2N9O9S/c41-40(42)61(58,59)50-24-15-13-23(14-16-24)35-34(36(43)55)37(49-48-35)45-25-8-6-9-26(20-25)60-22-33(54)44-19-5-3-1-2-4-12-31(52)46-29-11-7-10-27-28(29)21-51(39(27)57)30-17-18-32(53)47-38(30)56/h6-11,13-16,20,30,40,50H,1-5,12,17-19,21-22H2,(H2,43,55)(H,44,54)(H,46,52)(H2,45,48,49)(H,47,53,56). The summed E-state index contributed by atoms with van der Waals surface area (Å²) in [6.45, 7) is 0.341. The molecule has 1 aromatic heterocycles. The maximum atomic E-state index is 13.0. The molecule has 2 aliphatic rings. The van der Waals surface area contributed by atoms with Gasteiger partial charge in [0.05, 0.1) is 5.69 Å². The number of carbonyl (C=O) groups excluding carboxylic acids is 6. The van der Waals surface area contributed by atoms with E-state index in [4.69, 9.17) is 10.5 Å². The summed E-state index contributed by atoms with van der Waals surface area (Å²) in [6.07, 6.45) is 4.54. The van der Waals surface area contributed by atoms with Gasteiger partial charge in [-0.1, -0.05) is 43.5 Å². The average Bonchev–Trinajstić information content (AvgIpc) is 3.79. The van der Waals surface area contributed by atoms with Gasteiger partial charge in [-0.05, 0) is 55.7 Å². The number of rotatable bonds is 20. The van der Waals surface area contributed by atoms with Gasteiger partial charge in [-0.15, -0.1) is 0 Å². The number of halogens is 2. The number of benzene rings is 3. The van der Waals surface area contributed by atoms with Gasteiger partial charge in [-0.25, -0.2) is 8.42 Å². The molecular formula is C40H43F2N9O9S. The number of nitrogens with zero attached hydrogens (tertiary/aromatic N) is 2. The second kappa shape index (κ2) is 19.4. The Morgan fingerprint density at radius 2 is 1.67 bits per heavy atom. The molecule has 4 aromatic rings. The van der Waals surface area contributed by atoms with Crippen LogP contribution in [0.1, 0.15) is 77.6 Å². The highest BCUT2D eigenvalue weighted by molar-refractivity contribution is 7.93. The highest BCUT2D eigenvalue weighted by Gasteiger charge is 2.40. The fourth-order valence-corrected chi connectivity index (χ4v) is 7.43. The van der Waals surface area contributed by atoms with Crippen molar-refractivity contribution >= 4 is 68.3 Å². The minimum absolute atomic E-state index is 0.0228. The average molecular weight is 864 g/mol. The second-order valence-corrected chi connectivity index (χ2v) is 15.9. The minimum atomic E-state index is -4.86. The number of H-pyrrole nitrogens is 1. The Labute approximate surface area is 348 Å². The summed E-state index contributed by atoms with van der Waals surface area (Å²) in [5.74, 6) is -5.72. The fourth-order valence-electron chi connectivity index (χ4n) is 6.88. The molecule has 322 valence electrons. The first-order valence-corrected chi connectivity index (χ1v) is 20.9. The molecule has 0 saturated carbocycles. The number of nitrogens with two attached hydrogens (primary N) is 1. The molecule has 6 amide bonds. The van der Waals surface area contributed by atoms with Crippen molar-refractivity contribution in [2.75, 3.05) is 28.5 Å². The maximum absolute atomic E-state index is 13.0. The van der Waals surface area contributed by atoms with E-state index in [9.17, 15) is 46.0 Å². The first-order chi connectivity index (χ1) is 29.2. The molecule has 3 aromatic carbocycles. The van der Waals surface area contributed by atoms with Crippen LogP contribution in [-0.2, 0) is 35.7 Å². The van der Waals surface area contributed by atoms with Gasteiger partial charge in [-0.2, -0.15) is 13.9 Å². The van der Waals surface area contributed by atoms with E-state index < -0.39 is 33.6 Å². The number of anilines is 4. The van der Waals surface area contributed by atoms with E-state index in [1.807, 2.05) is 0 Å². The van der Waals surface area contributed by atoms with Gasteiger partial charge in [0.2, 0.25) is 17.7 Å². The fraction of sp³-hybridized carbons (Fsp3) is 0.325. The van der Waals surface area contributed by atoms with Crippen LogP contribution >= 0.6 is 0 Å². The number of aromatic nitrogens is 2. The lowest BCUT2D eigenvalue weighted by atomic mass is 10.0. The Morgan fingerprint density at radius 3 is 2.41 bits per heavy atom. The lowest BCUT2D eigenvalue weighted by molar-refractivity contribution is -0.137. The van der Waals surface area contributed by atoms with Crippen LogP contribution in [0.4, 0.5) is 31.7 Å². The molecule has 2 aliphatic heterocycles. The first kappa shape index (κ1) is 43.7. The Bertz CT molecular complexity index is 2430. The number of aromatic amines is 1. The van der Waals surface area contributed by atoms with Crippen molar-refractivity contribution in [3.05, 3.63) is 83.4 Å². The van der Waals surface area contributed by atoms with Crippen LogP contribution in [0.3, 0.4) is 0 Å². The number of primary amides is 1. The molecule has 1 unspecified atom stereocenters. The van der Waals surface area contributed by atoms with Crippen LogP contribution in [0.2, 0.25) is 0 Å². The van der Waals surface area contributed by atoms with Crippen molar-refractivity contribution in [2.45, 2.75) is 69.7 Å². The van der Waals surface area contributed by atoms with E-state index in [1.54, 1.807) is 47.2 Å². The number of ether oxygens (including phenoxy) is 1. The van der Waals surface area contributed by atoms with Gasteiger partial charge < -0.3 is 31.3 Å². The molecule has 0 spiro atoms. The summed E-state index contributed by atoms with van der Waals surface area (Å²) in [4.78, 5) is 76.1. The molecule has 3 heterocycles. The number of unbranched alkanes of at least 4 members (excludes halogenated alkanes) is 4. The summed E-state index contributed by atoms with van der Waals surface area (Å²) < 4.78 is 55.8. The largest absolute Gasteiger partial charge is 0.484 e. The SMILES string of the molecule is NC(=O)c1c(Nc2cccc(OCC(=O)NCCCCCCCC(=O)Nc3cccc4c3CN(C3CCC(=O)NC3=O)C4=O)c2)n[nH]c1-c1ccc(NS(=O)(=O)C(F)F)cc1. The van der Waals surface area contributed by atoms with Crippen molar-refractivity contribution in [3.8, 4) is 17.0 Å². The van der Waals surface area contributed by atoms with E-state index in [2.05, 4.69) is 31.5 Å². The van der Waals surface area contributed by atoms with Crippen LogP contribution in [0, 0.1) is 0 Å². The van der Waals surface area contributed by atoms with E-state index >= 15 is 0 Å². The Morgan fingerprint density at radius 1 is 0.934 bits per heavy atom. The molecule has 61 heavy (non-hydrogen) atoms. The van der Waals surface area contributed by atoms with E-state index in [0.717, 1.165) is 25.7 Å². The third-order valence-corrected chi connectivity index (χ3v) is 10.9. The van der Waals surface area contributed by atoms with E-state index in [0.29, 0.717) is 46.8 Å². The Kier molecular flexibility index (Phi) is 13.9. The molecule has 18 nitrogen and oxygen atoms in total. The number of hydrogen-bond donors (Lipinski definition) is 7.